The van der Waals surface area contributed by atoms with E-state index in [0.717, 1.165) is 25.7 Å². The number of carboxylic acid groups (broad SMARTS) is 1. The van der Waals surface area contributed by atoms with Gasteiger partial charge in [-0.05, 0) is 43.2 Å². The lowest BCUT2D eigenvalue weighted by atomic mass is 9.88. The van der Waals surface area contributed by atoms with Gasteiger partial charge in [0.2, 0.25) is 0 Å². The second-order valence-electron chi connectivity index (χ2n) is 4.77. The fraction of sp³-hybridized carbons (Fsp3) is 0.500. The summed E-state index contributed by atoms with van der Waals surface area (Å²) in [4.78, 5) is 11.1. The highest BCUT2D eigenvalue weighted by atomic mass is 16.4. The second kappa shape index (κ2) is 4.69. The lowest BCUT2D eigenvalue weighted by Crippen LogP contribution is -2.20. The molecule has 1 aliphatic carbocycles. The van der Waals surface area contributed by atoms with Crippen molar-refractivity contribution in [2.75, 3.05) is 0 Å². The molecule has 2 heteroatoms. The Bertz CT molecular complexity index is 384. The van der Waals surface area contributed by atoms with Crippen molar-refractivity contribution in [3.8, 4) is 0 Å². The molecule has 1 fully saturated rings. The first-order chi connectivity index (χ1) is 7.68. The highest BCUT2D eigenvalue weighted by Crippen LogP contribution is 2.34. The zero-order valence-corrected chi connectivity index (χ0v) is 9.65. The van der Waals surface area contributed by atoms with Crippen LogP contribution in [0.25, 0.3) is 0 Å². The van der Waals surface area contributed by atoms with Crippen LogP contribution in [0.4, 0.5) is 0 Å². The fourth-order valence-corrected chi connectivity index (χ4v) is 2.73. The molecule has 1 saturated carbocycles. The van der Waals surface area contributed by atoms with Crippen LogP contribution in [0.5, 0.6) is 0 Å². The molecule has 2 rings (SSSR count). The molecule has 0 spiro atoms. The van der Waals surface area contributed by atoms with Crippen molar-refractivity contribution in [2.24, 2.45) is 11.8 Å². The number of aliphatic carboxylic acids is 1. The van der Waals surface area contributed by atoms with Gasteiger partial charge in [0.25, 0.3) is 0 Å². The van der Waals surface area contributed by atoms with Gasteiger partial charge in [-0.2, -0.15) is 0 Å². The first kappa shape index (κ1) is 11.2. The molecule has 86 valence electrons. The molecule has 0 aliphatic heterocycles. The molecule has 2 atom stereocenters. The van der Waals surface area contributed by atoms with Gasteiger partial charge in [-0.25, -0.2) is 0 Å². The minimum Gasteiger partial charge on any atom is -0.481 e. The van der Waals surface area contributed by atoms with Gasteiger partial charge < -0.3 is 5.11 Å². The van der Waals surface area contributed by atoms with Crippen LogP contribution in [-0.2, 0) is 11.2 Å². The molecule has 0 saturated heterocycles. The number of rotatable bonds is 3. The van der Waals surface area contributed by atoms with E-state index in [1.165, 1.54) is 11.1 Å². The summed E-state index contributed by atoms with van der Waals surface area (Å²) in [5.41, 5.74) is 2.58. The third kappa shape index (κ3) is 2.26. The van der Waals surface area contributed by atoms with Crippen LogP contribution in [-0.4, -0.2) is 11.1 Å². The summed E-state index contributed by atoms with van der Waals surface area (Å²) in [6.45, 7) is 2.10. The van der Waals surface area contributed by atoms with Gasteiger partial charge in [0, 0.05) is 0 Å². The Balaban J connectivity index is 2.10. The Morgan fingerprint density at radius 2 is 2.12 bits per heavy atom. The lowest BCUT2D eigenvalue weighted by molar-refractivity contribution is -0.142. The quantitative estimate of drug-likeness (QED) is 0.846. The van der Waals surface area contributed by atoms with Crippen LogP contribution in [0.3, 0.4) is 0 Å². The normalized spacial score (nSPS) is 24.6. The van der Waals surface area contributed by atoms with Crippen LogP contribution >= 0.6 is 0 Å². The summed E-state index contributed by atoms with van der Waals surface area (Å²) in [5, 5.41) is 9.13. The summed E-state index contributed by atoms with van der Waals surface area (Å²) in [6, 6.07) is 8.28. The SMILES string of the molecule is Cc1ccccc1CC1CCCC1C(=O)O. The van der Waals surface area contributed by atoms with Gasteiger partial charge in [-0.15, -0.1) is 0 Å². The molecule has 0 radical (unpaired) electrons. The molecule has 0 amide bonds. The Hall–Kier alpha value is -1.31. The standard InChI is InChI=1S/C14H18O2/c1-10-5-2-3-6-11(10)9-12-7-4-8-13(12)14(15)16/h2-3,5-6,12-13H,4,7-9H2,1H3,(H,15,16). The minimum absolute atomic E-state index is 0.125. The molecule has 2 unspecified atom stereocenters. The molecule has 1 aliphatic rings. The number of benzene rings is 1. The molecule has 0 bridgehead atoms. The van der Waals surface area contributed by atoms with E-state index in [-0.39, 0.29) is 5.92 Å². The maximum atomic E-state index is 11.1. The monoisotopic (exact) mass is 218 g/mol. The van der Waals surface area contributed by atoms with E-state index in [1.807, 2.05) is 12.1 Å². The highest BCUT2D eigenvalue weighted by molar-refractivity contribution is 5.70. The summed E-state index contributed by atoms with van der Waals surface area (Å²) in [5.74, 6) is -0.408. The van der Waals surface area contributed by atoms with E-state index in [2.05, 4.69) is 19.1 Å². The highest BCUT2D eigenvalue weighted by Gasteiger charge is 2.32. The summed E-state index contributed by atoms with van der Waals surface area (Å²) in [6.07, 6.45) is 3.90. The number of carboxylic acids is 1. The smallest absolute Gasteiger partial charge is 0.306 e. The second-order valence-corrected chi connectivity index (χ2v) is 4.77. The van der Waals surface area contributed by atoms with Gasteiger partial charge in [-0.3, -0.25) is 4.79 Å². The fourth-order valence-electron chi connectivity index (χ4n) is 2.73. The zero-order valence-electron chi connectivity index (χ0n) is 9.65. The molecule has 0 aromatic heterocycles. The predicted molar refractivity (Wildman–Crippen MR) is 63.3 cm³/mol. The Labute approximate surface area is 96.3 Å². The molecular weight excluding hydrogens is 200 g/mol. The lowest BCUT2D eigenvalue weighted by Gasteiger charge is -2.16. The molecular formula is C14H18O2. The van der Waals surface area contributed by atoms with Crippen LogP contribution in [0.2, 0.25) is 0 Å². The first-order valence-electron chi connectivity index (χ1n) is 5.96. The van der Waals surface area contributed by atoms with Crippen molar-refractivity contribution < 1.29 is 9.90 Å². The molecule has 1 aromatic carbocycles. The van der Waals surface area contributed by atoms with Crippen molar-refractivity contribution in [3.05, 3.63) is 35.4 Å². The molecule has 0 heterocycles. The van der Waals surface area contributed by atoms with Gasteiger partial charge in [0.1, 0.15) is 0 Å². The van der Waals surface area contributed by atoms with Crippen LogP contribution in [0.15, 0.2) is 24.3 Å². The van der Waals surface area contributed by atoms with E-state index < -0.39 is 5.97 Å². The van der Waals surface area contributed by atoms with E-state index in [4.69, 9.17) is 5.11 Å². The van der Waals surface area contributed by atoms with Crippen LogP contribution in [0, 0.1) is 18.8 Å². The zero-order chi connectivity index (χ0) is 11.5. The summed E-state index contributed by atoms with van der Waals surface area (Å²) >= 11 is 0. The van der Waals surface area contributed by atoms with Gasteiger partial charge >= 0.3 is 5.97 Å². The number of carbonyl (C=O) groups is 1. The van der Waals surface area contributed by atoms with Crippen molar-refractivity contribution in [2.45, 2.75) is 32.6 Å². The first-order valence-corrected chi connectivity index (χ1v) is 5.96. The maximum Gasteiger partial charge on any atom is 0.306 e. The molecule has 1 N–H and O–H groups in total. The Morgan fingerprint density at radius 1 is 1.38 bits per heavy atom. The number of hydrogen-bond acceptors (Lipinski definition) is 1. The average Bonchev–Trinajstić information content (AvgIpc) is 2.69. The van der Waals surface area contributed by atoms with Crippen molar-refractivity contribution >= 4 is 5.97 Å². The van der Waals surface area contributed by atoms with Crippen molar-refractivity contribution in [3.63, 3.8) is 0 Å². The molecule has 2 nitrogen and oxygen atoms in total. The largest absolute Gasteiger partial charge is 0.481 e. The van der Waals surface area contributed by atoms with Gasteiger partial charge in [0.05, 0.1) is 5.92 Å². The summed E-state index contributed by atoms with van der Waals surface area (Å²) < 4.78 is 0. The topological polar surface area (TPSA) is 37.3 Å². The van der Waals surface area contributed by atoms with Gasteiger partial charge in [0.15, 0.2) is 0 Å². The molecule has 16 heavy (non-hydrogen) atoms. The van der Waals surface area contributed by atoms with Crippen LogP contribution < -0.4 is 0 Å². The van der Waals surface area contributed by atoms with E-state index in [0.29, 0.717) is 5.92 Å². The van der Waals surface area contributed by atoms with E-state index in [9.17, 15) is 4.79 Å². The van der Waals surface area contributed by atoms with E-state index in [1.54, 1.807) is 0 Å². The predicted octanol–water partition coefficient (Wildman–Crippen LogP) is 3.04. The van der Waals surface area contributed by atoms with Gasteiger partial charge in [-0.1, -0.05) is 30.7 Å². The number of hydrogen-bond donors (Lipinski definition) is 1. The van der Waals surface area contributed by atoms with Crippen molar-refractivity contribution in [1.29, 1.82) is 0 Å². The third-order valence-electron chi connectivity index (χ3n) is 3.72. The Morgan fingerprint density at radius 3 is 2.81 bits per heavy atom. The average molecular weight is 218 g/mol. The van der Waals surface area contributed by atoms with Crippen LogP contribution in [0.1, 0.15) is 30.4 Å². The Kier molecular flexibility index (Phi) is 3.28. The minimum atomic E-state index is -0.615. The van der Waals surface area contributed by atoms with E-state index >= 15 is 0 Å². The maximum absolute atomic E-state index is 11.1. The third-order valence-corrected chi connectivity index (χ3v) is 3.72. The van der Waals surface area contributed by atoms with Crippen molar-refractivity contribution in [1.82, 2.24) is 0 Å². The molecule has 1 aromatic rings. The number of aryl methyl sites for hydroxylation is 1. The summed E-state index contributed by atoms with van der Waals surface area (Å²) in [7, 11) is 0.